The molecule has 0 unspecified atom stereocenters. The van der Waals surface area contributed by atoms with Gasteiger partial charge in [-0.05, 0) is 95.7 Å². The van der Waals surface area contributed by atoms with E-state index in [0.29, 0.717) is 22.2 Å². The van der Waals surface area contributed by atoms with Gasteiger partial charge in [0.05, 0.1) is 11.6 Å². The summed E-state index contributed by atoms with van der Waals surface area (Å²) in [6, 6.07) is 13.9. The number of likely N-dealkylation sites (tertiary alicyclic amines) is 1. The van der Waals surface area contributed by atoms with Gasteiger partial charge >= 0.3 is 0 Å². The van der Waals surface area contributed by atoms with E-state index in [-0.39, 0.29) is 11.6 Å². The number of aryl methyl sites for hydroxylation is 2. The van der Waals surface area contributed by atoms with Crippen molar-refractivity contribution in [2.45, 2.75) is 46.1 Å². The third-order valence-electron chi connectivity index (χ3n) is 8.48. The molecular formula is C34H44ClN7O. The monoisotopic (exact) mass is 601 g/mol. The highest BCUT2D eigenvalue weighted by Crippen LogP contribution is 2.34. The average Bonchev–Trinajstić information content (AvgIpc) is 2.97. The van der Waals surface area contributed by atoms with Crippen LogP contribution in [0.1, 0.15) is 43.4 Å². The lowest BCUT2D eigenvalue weighted by atomic mass is 9.98. The highest BCUT2D eigenvalue weighted by Gasteiger charge is 2.27. The Kier molecular flexibility index (Phi) is 9.69. The fourth-order valence-corrected chi connectivity index (χ4v) is 6.47. The van der Waals surface area contributed by atoms with Crippen molar-refractivity contribution in [1.82, 2.24) is 24.3 Å². The van der Waals surface area contributed by atoms with Gasteiger partial charge in [-0.1, -0.05) is 36.7 Å². The van der Waals surface area contributed by atoms with Crippen molar-refractivity contribution < 1.29 is 0 Å². The number of nitrogens with one attached hydrogen (secondary N) is 1. The maximum atomic E-state index is 14.4. The molecule has 1 aliphatic heterocycles. The maximum Gasteiger partial charge on any atom is 0.260 e. The molecule has 0 bridgehead atoms. The molecule has 2 aromatic carbocycles. The van der Waals surface area contributed by atoms with Crippen molar-refractivity contribution in [3.8, 4) is 11.1 Å². The normalized spacial score (nSPS) is 15.8. The largest absolute Gasteiger partial charge is 0.373 e. The van der Waals surface area contributed by atoms with Crippen LogP contribution in [0.2, 0.25) is 5.02 Å². The highest BCUT2D eigenvalue weighted by molar-refractivity contribution is 6.33. The molecule has 3 heterocycles. The number of hydrogen-bond donors (Lipinski definition) is 1. The van der Waals surface area contributed by atoms with Gasteiger partial charge in [0.2, 0.25) is 5.95 Å². The number of aromatic nitrogens is 3. The molecule has 2 aromatic heterocycles. The van der Waals surface area contributed by atoms with Gasteiger partial charge in [-0.2, -0.15) is 4.98 Å². The van der Waals surface area contributed by atoms with E-state index in [1.807, 2.05) is 42.0 Å². The Morgan fingerprint density at radius 3 is 2.60 bits per heavy atom. The number of hydrogen-bond acceptors (Lipinski definition) is 7. The summed E-state index contributed by atoms with van der Waals surface area (Å²) in [7, 11) is 6.30. The topological polar surface area (TPSA) is 69.5 Å². The van der Waals surface area contributed by atoms with E-state index in [1.54, 1.807) is 0 Å². The SMILES string of the molecule is CCCN1CCC[C@H](n2c(=O)c(-c3ccccc3Cl)c(C)c3cnc(Nc4ccc(N(C)CCN(C)C)c(C)c4)nc32)C1. The molecule has 0 amide bonds. The van der Waals surface area contributed by atoms with Crippen molar-refractivity contribution in [1.29, 1.82) is 0 Å². The number of benzene rings is 2. The Hall–Kier alpha value is -3.46. The van der Waals surface area contributed by atoms with E-state index >= 15 is 0 Å². The van der Waals surface area contributed by atoms with Crippen molar-refractivity contribution in [3.63, 3.8) is 0 Å². The van der Waals surface area contributed by atoms with Crippen molar-refractivity contribution in [2.24, 2.45) is 0 Å². The van der Waals surface area contributed by atoms with Gasteiger partial charge in [-0.3, -0.25) is 9.36 Å². The lowest BCUT2D eigenvalue weighted by Gasteiger charge is -2.34. The van der Waals surface area contributed by atoms with Crippen LogP contribution in [0, 0.1) is 13.8 Å². The van der Waals surface area contributed by atoms with Gasteiger partial charge in [0.25, 0.3) is 5.56 Å². The van der Waals surface area contributed by atoms with Gasteiger partial charge in [-0.15, -0.1) is 0 Å². The number of piperidine rings is 1. The molecular weight excluding hydrogens is 558 g/mol. The molecule has 0 saturated carbocycles. The van der Waals surface area contributed by atoms with E-state index < -0.39 is 0 Å². The predicted octanol–water partition coefficient (Wildman–Crippen LogP) is 6.52. The smallest absolute Gasteiger partial charge is 0.260 e. The van der Waals surface area contributed by atoms with Crippen LogP contribution in [0.4, 0.5) is 17.3 Å². The first kappa shape index (κ1) is 31.0. The summed E-state index contributed by atoms with van der Waals surface area (Å²) in [6.07, 6.45) is 4.90. The van der Waals surface area contributed by atoms with Crippen LogP contribution in [0.3, 0.4) is 0 Å². The van der Waals surface area contributed by atoms with Crippen LogP contribution in [0.5, 0.6) is 0 Å². The second-order valence-electron chi connectivity index (χ2n) is 12.0. The zero-order chi connectivity index (χ0) is 30.7. The van der Waals surface area contributed by atoms with Gasteiger partial charge in [0.15, 0.2) is 0 Å². The fraction of sp³-hybridized carbons (Fsp3) is 0.441. The zero-order valence-electron chi connectivity index (χ0n) is 26.3. The molecule has 0 radical (unpaired) electrons. The Labute approximate surface area is 260 Å². The van der Waals surface area contributed by atoms with Crippen LogP contribution in [0.15, 0.2) is 53.5 Å². The molecule has 0 aliphatic carbocycles. The number of halogens is 1. The van der Waals surface area contributed by atoms with Gasteiger partial charge in [0, 0.05) is 60.2 Å². The minimum absolute atomic E-state index is 0.0131. The summed E-state index contributed by atoms with van der Waals surface area (Å²) < 4.78 is 1.92. The molecule has 43 heavy (non-hydrogen) atoms. The van der Waals surface area contributed by atoms with Gasteiger partial charge in [-0.25, -0.2) is 4.98 Å². The number of nitrogens with zero attached hydrogens (tertiary/aromatic N) is 6. The lowest BCUT2D eigenvalue weighted by molar-refractivity contribution is 0.178. The molecule has 1 atom stereocenters. The molecule has 1 saturated heterocycles. The molecule has 0 spiro atoms. The number of pyridine rings is 1. The molecule has 8 nitrogen and oxygen atoms in total. The molecule has 4 aromatic rings. The van der Waals surface area contributed by atoms with E-state index in [4.69, 9.17) is 21.6 Å². The first-order chi connectivity index (χ1) is 20.7. The summed E-state index contributed by atoms with van der Waals surface area (Å²) in [5.74, 6) is 0.472. The summed E-state index contributed by atoms with van der Waals surface area (Å²) >= 11 is 6.64. The van der Waals surface area contributed by atoms with Crippen LogP contribution in [-0.4, -0.2) is 78.2 Å². The Morgan fingerprint density at radius 1 is 1.09 bits per heavy atom. The van der Waals surface area contributed by atoms with E-state index in [1.165, 1.54) is 11.3 Å². The second-order valence-corrected chi connectivity index (χ2v) is 12.4. The van der Waals surface area contributed by atoms with E-state index in [9.17, 15) is 4.79 Å². The molecule has 1 fully saturated rings. The second kappa shape index (κ2) is 13.5. The minimum Gasteiger partial charge on any atom is -0.373 e. The average molecular weight is 602 g/mol. The van der Waals surface area contributed by atoms with E-state index in [0.717, 1.165) is 74.2 Å². The Balaban J connectivity index is 1.57. The minimum atomic E-state index is -0.0490. The quantitative estimate of drug-likeness (QED) is 0.222. The molecule has 9 heteroatoms. The third kappa shape index (κ3) is 6.71. The van der Waals surface area contributed by atoms with Crippen LogP contribution >= 0.6 is 11.6 Å². The van der Waals surface area contributed by atoms with Crippen molar-refractivity contribution in [2.75, 3.05) is 64.1 Å². The summed E-state index contributed by atoms with van der Waals surface area (Å²) in [5, 5.41) is 4.84. The van der Waals surface area contributed by atoms with Gasteiger partial charge < -0.3 is 20.0 Å². The highest BCUT2D eigenvalue weighted by atomic mass is 35.5. The number of rotatable bonds is 10. The number of likely N-dealkylation sites (N-methyl/N-ethyl adjacent to an activating group) is 2. The Bertz CT molecular complexity index is 1650. The number of fused-ring (bicyclic) bond motifs is 1. The predicted molar refractivity (Wildman–Crippen MR) is 180 cm³/mol. The number of anilines is 3. The summed E-state index contributed by atoms with van der Waals surface area (Å²) in [6.45, 7) is 11.1. The first-order valence-electron chi connectivity index (χ1n) is 15.3. The van der Waals surface area contributed by atoms with E-state index in [2.05, 4.69) is 73.2 Å². The van der Waals surface area contributed by atoms with Crippen molar-refractivity contribution in [3.05, 3.63) is 75.2 Å². The van der Waals surface area contributed by atoms with Crippen LogP contribution < -0.4 is 15.8 Å². The molecule has 228 valence electrons. The van der Waals surface area contributed by atoms with Crippen LogP contribution in [-0.2, 0) is 0 Å². The third-order valence-corrected chi connectivity index (χ3v) is 8.81. The first-order valence-corrected chi connectivity index (χ1v) is 15.7. The lowest BCUT2D eigenvalue weighted by Crippen LogP contribution is -2.41. The Morgan fingerprint density at radius 2 is 1.88 bits per heavy atom. The molecule has 1 aliphatic rings. The summed E-state index contributed by atoms with van der Waals surface area (Å²) in [4.78, 5) is 31.1. The van der Waals surface area contributed by atoms with Gasteiger partial charge in [0.1, 0.15) is 5.65 Å². The molecule has 5 rings (SSSR count). The van der Waals surface area contributed by atoms with Crippen LogP contribution in [0.25, 0.3) is 22.2 Å². The fourth-order valence-electron chi connectivity index (χ4n) is 6.24. The zero-order valence-corrected chi connectivity index (χ0v) is 27.1. The van der Waals surface area contributed by atoms with Crippen molar-refractivity contribution >= 4 is 40.0 Å². The standard InChI is InChI=1S/C34H44ClN7O/c1-7-16-41-17-10-11-26(22-41)42-32-28(24(3)31(33(42)43)27-12-8-9-13-29(27)35)21-36-34(38-32)37-25-14-15-30(23(2)20-25)40(6)19-18-39(4)5/h8-9,12-15,20-21,26H,7,10-11,16-19,22H2,1-6H3,(H,36,37,38)/t26-/m0/s1. The molecule has 1 N–H and O–H groups in total. The maximum absolute atomic E-state index is 14.4. The summed E-state index contributed by atoms with van der Waals surface area (Å²) in [5.41, 5.74) is 6.10.